The van der Waals surface area contributed by atoms with Gasteiger partial charge >= 0.3 is 0 Å². The quantitative estimate of drug-likeness (QED) is 0.187. The van der Waals surface area contributed by atoms with Crippen LogP contribution < -0.4 is 0 Å². The van der Waals surface area contributed by atoms with Gasteiger partial charge in [0.1, 0.15) is 22.3 Å². The predicted molar refractivity (Wildman–Crippen MR) is 202 cm³/mol. The number of rotatable bonds is 5. The maximum Gasteiger partial charge on any atom is 0.164 e. The molecule has 0 spiro atoms. The van der Waals surface area contributed by atoms with Crippen molar-refractivity contribution in [3.8, 4) is 56.4 Å². The fraction of sp³-hybridized carbons (Fsp3) is 0. The smallest absolute Gasteiger partial charge is 0.164 e. The lowest BCUT2D eigenvalue weighted by Gasteiger charge is -2.14. The third-order valence-electron chi connectivity index (χ3n) is 9.36. The fourth-order valence-corrected chi connectivity index (χ4v) is 6.99. The number of hydrogen-bond acceptors (Lipinski definition) is 5. The Morgan fingerprint density at radius 2 is 0.840 bits per heavy atom. The number of fused-ring (bicyclic) bond motifs is 6. The minimum atomic E-state index is 0.599. The van der Waals surface area contributed by atoms with Crippen LogP contribution in [0.15, 0.2) is 173 Å². The summed E-state index contributed by atoms with van der Waals surface area (Å²) in [5, 5.41) is 4.35. The summed E-state index contributed by atoms with van der Waals surface area (Å²) in [6.45, 7) is 0. The van der Waals surface area contributed by atoms with Crippen molar-refractivity contribution in [3.63, 3.8) is 0 Å². The lowest BCUT2D eigenvalue weighted by Crippen LogP contribution is -2.00. The van der Waals surface area contributed by atoms with E-state index in [1.54, 1.807) is 0 Å². The first kappa shape index (κ1) is 28.2. The number of furan rings is 2. The molecule has 7 aromatic carbocycles. The van der Waals surface area contributed by atoms with Gasteiger partial charge in [-0.25, -0.2) is 15.0 Å². The predicted octanol–water partition coefficient (Wildman–Crippen LogP) is 12.0. The second-order valence-corrected chi connectivity index (χ2v) is 12.4. The molecule has 5 heteroatoms. The molecule has 0 saturated heterocycles. The Bertz CT molecular complexity index is 2810. The molecule has 50 heavy (non-hydrogen) atoms. The minimum absolute atomic E-state index is 0.599. The van der Waals surface area contributed by atoms with E-state index >= 15 is 0 Å². The molecule has 0 atom stereocenters. The maximum absolute atomic E-state index is 6.37. The van der Waals surface area contributed by atoms with Crippen LogP contribution in [-0.2, 0) is 0 Å². The average molecular weight is 642 g/mol. The lowest BCUT2D eigenvalue weighted by molar-refractivity contribution is 0.668. The Balaban J connectivity index is 1.23. The summed E-state index contributed by atoms with van der Waals surface area (Å²) in [6, 6.07) is 55.7. The monoisotopic (exact) mass is 641 g/mol. The number of para-hydroxylation sites is 2. The molecule has 0 saturated carbocycles. The van der Waals surface area contributed by atoms with Crippen LogP contribution in [0.25, 0.3) is 100 Å². The molecule has 10 aromatic rings. The van der Waals surface area contributed by atoms with Gasteiger partial charge < -0.3 is 8.83 Å². The highest BCUT2D eigenvalue weighted by Gasteiger charge is 2.19. The molecule has 0 radical (unpaired) electrons. The number of benzene rings is 7. The van der Waals surface area contributed by atoms with Crippen molar-refractivity contribution in [1.82, 2.24) is 15.0 Å². The molecule has 234 valence electrons. The molecule has 10 rings (SSSR count). The van der Waals surface area contributed by atoms with Gasteiger partial charge in [0.25, 0.3) is 0 Å². The third kappa shape index (κ3) is 4.67. The van der Waals surface area contributed by atoms with Crippen molar-refractivity contribution < 1.29 is 8.83 Å². The normalized spacial score (nSPS) is 11.6. The number of hydrogen-bond donors (Lipinski definition) is 0. The zero-order chi connectivity index (χ0) is 33.0. The molecule has 0 fully saturated rings. The molecule has 3 heterocycles. The SMILES string of the molecule is c1ccc(-c2nc(-c3ccccc3)nc(-c3ccc(-c4cccc5oc6ccccc6c45)c(-c4ccc5c(c4)oc4ccccc45)c3)n2)cc1. The topological polar surface area (TPSA) is 65.0 Å². The van der Waals surface area contributed by atoms with Crippen molar-refractivity contribution in [2.24, 2.45) is 0 Å². The van der Waals surface area contributed by atoms with Crippen molar-refractivity contribution in [2.75, 3.05) is 0 Å². The highest BCUT2D eigenvalue weighted by molar-refractivity contribution is 6.14. The first-order valence-electron chi connectivity index (χ1n) is 16.6. The first-order valence-corrected chi connectivity index (χ1v) is 16.6. The first-order chi connectivity index (χ1) is 24.8. The molecular weight excluding hydrogens is 615 g/mol. The Morgan fingerprint density at radius 1 is 0.300 bits per heavy atom. The van der Waals surface area contributed by atoms with Crippen LogP contribution in [0.3, 0.4) is 0 Å². The highest BCUT2D eigenvalue weighted by Crippen LogP contribution is 2.43. The second kappa shape index (κ2) is 11.4. The molecular formula is C45H27N3O2. The van der Waals surface area contributed by atoms with Gasteiger partial charge in [-0.2, -0.15) is 0 Å². The molecule has 3 aromatic heterocycles. The number of aromatic nitrogens is 3. The van der Waals surface area contributed by atoms with Gasteiger partial charge in [-0.1, -0.05) is 127 Å². The zero-order valence-corrected chi connectivity index (χ0v) is 26.7. The highest BCUT2D eigenvalue weighted by atomic mass is 16.3. The van der Waals surface area contributed by atoms with E-state index in [9.17, 15) is 0 Å². The van der Waals surface area contributed by atoms with Crippen LogP contribution in [0.4, 0.5) is 0 Å². The van der Waals surface area contributed by atoms with E-state index in [-0.39, 0.29) is 0 Å². The summed E-state index contributed by atoms with van der Waals surface area (Å²) < 4.78 is 12.7. The maximum atomic E-state index is 6.37. The minimum Gasteiger partial charge on any atom is -0.456 e. The summed E-state index contributed by atoms with van der Waals surface area (Å²) in [6.07, 6.45) is 0. The Labute approximate surface area is 287 Å². The second-order valence-electron chi connectivity index (χ2n) is 12.4. The van der Waals surface area contributed by atoms with Crippen molar-refractivity contribution in [3.05, 3.63) is 164 Å². The summed E-state index contributed by atoms with van der Waals surface area (Å²) in [5.41, 5.74) is 10.4. The van der Waals surface area contributed by atoms with E-state index in [4.69, 9.17) is 23.8 Å². The molecule has 0 aliphatic heterocycles. The van der Waals surface area contributed by atoms with E-state index in [0.29, 0.717) is 17.5 Å². The molecule has 0 N–H and O–H groups in total. The van der Waals surface area contributed by atoms with Crippen LogP contribution in [0.1, 0.15) is 0 Å². The van der Waals surface area contributed by atoms with E-state index in [0.717, 1.165) is 82.8 Å². The lowest BCUT2D eigenvalue weighted by atomic mass is 9.90. The van der Waals surface area contributed by atoms with Gasteiger partial charge in [0.15, 0.2) is 17.5 Å². The van der Waals surface area contributed by atoms with E-state index in [2.05, 4.69) is 66.7 Å². The van der Waals surface area contributed by atoms with Crippen molar-refractivity contribution >= 4 is 43.9 Å². The Morgan fingerprint density at radius 3 is 1.56 bits per heavy atom. The molecule has 0 amide bonds. The van der Waals surface area contributed by atoms with Crippen molar-refractivity contribution in [2.45, 2.75) is 0 Å². The summed E-state index contributed by atoms with van der Waals surface area (Å²) >= 11 is 0. The van der Waals surface area contributed by atoms with Gasteiger partial charge in [-0.15, -0.1) is 0 Å². The van der Waals surface area contributed by atoms with Gasteiger partial charge in [0.05, 0.1) is 0 Å². The van der Waals surface area contributed by atoms with E-state index < -0.39 is 0 Å². The van der Waals surface area contributed by atoms with Gasteiger partial charge in [-0.05, 0) is 58.7 Å². The van der Waals surface area contributed by atoms with Gasteiger partial charge in [0.2, 0.25) is 0 Å². The standard InChI is InChI=1S/C45H27N3O2/c1-3-12-28(13-4-1)43-46-44(29-14-5-2-6-15-29)48-45(47-43)31-23-24-32(35-18-11-21-40-42(35)36-17-8-10-20-39(36)49-40)37(26-31)30-22-25-34-33-16-7-9-19-38(33)50-41(34)27-30/h1-27H. The Hall–Kier alpha value is -6.85. The van der Waals surface area contributed by atoms with Crippen LogP contribution in [0.2, 0.25) is 0 Å². The molecule has 0 aliphatic carbocycles. The van der Waals surface area contributed by atoms with Crippen LogP contribution in [0, 0.1) is 0 Å². The Kier molecular flexibility index (Phi) is 6.42. The molecule has 5 nitrogen and oxygen atoms in total. The van der Waals surface area contributed by atoms with Crippen LogP contribution in [0.5, 0.6) is 0 Å². The third-order valence-corrected chi connectivity index (χ3v) is 9.36. The van der Waals surface area contributed by atoms with E-state index in [1.165, 1.54) is 0 Å². The average Bonchev–Trinajstić information content (AvgIpc) is 3.76. The summed E-state index contributed by atoms with van der Waals surface area (Å²) in [4.78, 5) is 15.0. The van der Waals surface area contributed by atoms with E-state index in [1.807, 2.05) is 97.1 Å². The van der Waals surface area contributed by atoms with Gasteiger partial charge in [0, 0.05) is 38.2 Å². The number of nitrogens with zero attached hydrogens (tertiary/aromatic N) is 3. The fourth-order valence-electron chi connectivity index (χ4n) is 6.99. The van der Waals surface area contributed by atoms with Crippen LogP contribution >= 0.6 is 0 Å². The van der Waals surface area contributed by atoms with Crippen LogP contribution in [-0.4, -0.2) is 15.0 Å². The summed E-state index contributed by atoms with van der Waals surface area (Å²) in [7, 11) is 0. The molecule has 0 unspecified atom stereocenters. The van der Waals surface area contributed by atoms with Gasteiger partial charge in [-0.3, -0.25) is 0 Å². The molecule has 0 bridgehead atoms. The van der Waals surface area contributed by atoms with Crippen molar-refractivity contribution in [1.29, 1.82) is 0 Å². The zero-order valence-electron chi connectivity index (χ0n) is 26.7. The molecule has 0 aliphatic rings. The summed E-state index contributed by atoms with van der Waals surface area (Å²) in [5.74, 6) is 1.85. The largest absolute Gasteiger partial charge is 0.456 e.